The van der Waals surface area contributed by atoms with Gasteiger partial charge in [0.05, 0.1) is 11.6 Å². The van der Waals surface area contributed by atoms with Crippen molar-refractivity contribution in [2.75, 3.05) is 0 Å². The minimum atomic E-state index is 0.734. The highest BCUT2D eigenvalue weighted by Crippen LogP contribution is 2.25. The first-order valence-corrected chi connectivity index (χ1v) is 7.41. The molecule has 0 aliphatic heterocycles. The summed E-state index contributed by atoms with van der Waals surface area (Å²) in [6.07, 6.45) is 0.858. The van der Waals surface area contributed by atoms with Crippen molar-refractivity contribution in [2.45, 2.75) is 13.3 Å². The van der Waals surface area contributed by atoms with Crippen molar-refractivity contribution in [3.8, 4) is 17.2 Å². The summed E-state index contributed by atoms with van der Waals surface area (Å²) in [6, 6.07) is 27.0. The highest BCUT2D eigenvalue weighted by Gasteiger charge is 2.07. The SMILES string of the molecule is Cc1ccccc1Cc1ccc(-c2ccccc2)c(C#N)c1. The van der Waals surface area contributed by atoms with E-state index in [-0.39, 0.29) is 0 Å². The molecule has 3 rings (SSSR count). The van der Waals surface area contributed by atoms with E-state index in [1.165, 1.54) is 16.7 Å². The Morgan fingerprint density at radius 2 is 1.59 bits per heavy atom. The lowest BCUT2D eigenvalue weighted by atomic mass is 9.94. The zero-order valence-corrected chi connectivity index (χ0v) is 12.6. The maximum atomic E-state index is 9.47. The summed E-state index contributed by atoms with van der Waals surface area (Å²) in [5.74, 6) is 0. The maximum absolute atomic E-state index is 9.47. The number of benzene rings is 3. The predicted octanol–water partition coefficient (Wildman–Crippen LogP) is 5.12. The van der Waals surface area contributed by atoms with Crippen LogP contribution in [0.15, 0.2) is 72.8 Å². The lowest BCUT2D eigenvalue weighted by molar-refractivity contribution is 1.15. The fourth-order valence-electron chi connectivity index (χ4n) is 2.69. The molecule has 0 spiro atoms. The first-order chi connectivity index (χ1) is 10.8. The summed E-state index contributed by atoms with van der Waals surface area (Å²) in [4.78, 5) is 0. The molecule has 1 heteroatoms. The molecule has 0 N–H and O–H groups in total. The first kappa shape index (κ1) is 14.1. The second-order valence-corrected chi connectivity index (χ2v) is 5.46. The highest BCUT2D eigenvalue weighted by molar-refractivity contribution is 5.71. The third-order valence-electron chi connectivity index (χ3n) is 3.95. The number of aryl methyl sites for hydroxylation is 1. The summed E-state index contributed by atoms with van der Waals surface area (Å²) in [7, 11) is 0. The van der Waals surface area contributed by atoms with E-state index in [1.807, 2.05) is 36.4 Å². The lowest BCUT2D eigenvalue weighted by Crippen LogP contribution is -1.93. The van der Waals surface area contributed by atoms with Crippen LogP contribution in [-0.4, -0.2) is 0 Å². The Kier molecular flexibility index (Phi) is 4.03. The summed E-state index contributed by atoms with van der Waals surface area (Å²) < 4.78 is 0. The zero-order valence-electron chi connectivity index (χ0n) is 12.6. The van der Waals surface area contributed by atoms with Gasteiger partial charge in [0.2, 0.25) is 0 Å². The summed E-state index contributed by atoms with van der Waals surface area (Å²) in [5.41, 5.74) is 6.58. The van der Waals surface area contributed by atoms with Gasteiger partial charge in [0.25, 0.3) is 0 Å². The molecule has 0 saturated carbocycles. The Balaban J connectivity index is 1.96. The van der Waals surface area contributed by atoms with Crippen LogP contribution >= 0.6 is 0 Å². The molecule has 1 nitrogen and oxygen atoms in total. The normalized spacial score (nSPS) is 10.2. The number of rotatable bonds is 3. The third-order valence-corrected chi connectivity index (χ3v) is 3.95. The Morgan fingerprint density at radius 1 is 0.864 bits per heavy atom. The van der Waals surface area contributed by atoms with Crippen LogP contribution in [0.5, 0.6) is 0 Å². The molecule has 3 aromatic rings. The summed E-state index contributed by atoms with van der Waals surface area (Å²) in [6.45, 7) is 2.12. The number of hydrogen-bond donors (Lipinski definition) is 0. The molecule has 0 amide bonds. The molecule has 22 heavy (non-hydrogen) atoms. The quantitative estimate of drug-likeness (QED) is 0.654. The number of nitriles is 1. The molecule has 0 unspecified atom stereocenters. The van der Waals surface area contributed by atoms with Crippen LogP contribution in [0, 0.1) is 18.3 Å². The third kappa shape index (κ3) is 2.92. The van der Waals surface area contributed by atoms with Crippen LogP contribution in [0.25, 0.3) is 11.1 Å². The smallest absolute Gasteiger partial charge is 0.0998 e. The molecule has 0 aromatic heterocycles. The van der Waals surface area contributed by atoms with Gasteiger partial charge in [-0.05, 0) is 47.2 Å². The molecular formula is C21H17N. The summed E-state index contributed by atoms with van der Waals surface area (Å²) >= 11 is 0. The minimum Gasteiger partial charge on any atom is -0.192 e. The van der Waals surface area contributed by atoms with Gasteiger partial charge in [0, 0.05) is 0 Å². The molecule has 0 fully saturated rings. The zero-order chi connectivity index (χ0) is 15.4. The van der Waals surface area contributed by atoms with Crippen LogP contribution in [0.2, 0.25) is 0 Å². The Hall–Kier alpha value is -2.85. The van der Waals surface area contributed by atoms with Gasteiger partial charge in [-0.1, -0.05) is 66.7 Å². The van der Waals surface area contributed by atoms with Gasteiger partial charge in [-0.3, -0.25) is 0 Å². The van der Waals surface area contributed by atoms with E-state index in [0.717, 1.165) is 23.1 Å². The fraction of sp³-hybridized carbons (Fsp3) is 0.0952. The van der Waals surface area contributed by atoms with Gasteiger partial charge >= 0.3 is 0 Å². The Morgan fingerprint density at radius 3 is 2.32 bits per heavy atom. The van der Waals surface area contributed by atoms with Crippen molar-refractivity contribution in [3.63, 3.8) is 0 Å². The second kappa shape index (κ2) is 6.28. The molecular weight excluding hydrogens is 266 g/mol. The highest BCUT2D eigenvalue weighted by atomic mass is 14.2. The van der Waals surface area contributed by atoms with E-state index in [4.69, 9.17) is 0 Å². The maximum Gasteiger partial charge on any atom is 0.0998 e. The Bertz CT molecular complexity index is 826. The van der Waals surface area contributed by atoms with Crippen molar-refractivity contribution < 1.29 is 0 Å². The molecule has 0 bridgehead atoms. The first-order valence-electron chi connectivity index (χ1n) is 7.41. The van der Waals surface area contributed by atoms with E-state index in [2.05, 4.69) is 49.4 Å². The fourth-order valence-corrected chi connectivity index (χ4v) is 2.69. The molecule has 106 valence electrons. The lowest BCUT2D eigenvalue weighted by Gasteiger charge is -2.09. The van der Waals surface area contributed by atoms with Gasteiger partial charge in [-0.25, -0.2) is 0 Å². The van der Waals surface area contributed by atoms with Gasteiger partial charge in [-0.2, -0.15) is 5.26 Å². The molecule has 0 saturated heterocycles. The van der Waals surface area contributed by atoms with Crippen molar-refractivity contribution in [3.05, 3.63) is 95.1 Å². The van der Waals surface area contributed by atoms with Crippen molar-refractivity contribution in [2.24, 2.45) is 0 Å². The van der Waals surface area contributed by atoms with E-state index in [1.54, 1.807) is 0 Å². The van der Waals surface area contributed by atoms with Crippen LogP contribution < -0.4 is 0 Å². The number of hydrogen-bond acceptors (Lipinski definition) is 1. The van der Waals surface area contributed by atoms with Gasteiger partial charge < -0.3 is 0 Å². The van der Waals surface area contributed by atoms with Crippen LogP contribution in [0.4, 0.5) is 0 Å². The molecule has 0 aliphatic rings. The van der Waals surface area contributed by atoms with Gasteiger partial charge in [0.15, 0.2) is 0 Å². The average molecular weight is 283 g/mol. The van der Waals surface area contributed by atoms with E-state index in [9.17, 15) is 5.26 Å². The topological polar surface area (TPSA) is 23.8 Å². The van der Waals surface area contributed by atoms with Crippen LogP contribution in [-0.2, 0) is 6.42 Å². The summed E-state index contributed by atoms with van der Waals surface area (Å²) in [5, 5.41) is 9.47. The van der Waals surface area contributed by atoms with Crippen LogP contribution in [0.3, 0.4) is 0 Å². The second-order valence-electron chi connectivity index (χ2n) is 5.46. The monoisotopic (exact) mass is 283 g/mol. The van der Waals surface area contributed by atoms with Crippen LogP contribution in [0.1, 0.15) is 22.3 Å². The van der Waals surface area contributed by atoms with Crippen molar-refractivity contribution >= 4 is 0 Å². The van der Waals surface area contributed by atoms with E-state index >= 15 is 0 Å². The van der Waals surface area contributed by atoms with Crippen molar-refractivity contribution in [1.82, 2.24) is 0 Å². The molecule has 0 heterocycles. The molecule has 3 aromatic carbocycles. The van der Waals surface area contributed by atoms with Gasteiger partial charge in [-0.15, -0.1) is 0 Å². The van der Waals surface area contributed by atoms with E-state index < -0.39 is 0 Å². The largest absolute Gasteiger partial charge is 0.192 e. The minimum absolute atomic E-state index is 0.734. The number of nitrogens with zero attached hydrogens (tertiary/aromatic N) is 1. The van der Waals surface area contributed by atoms with Gasteiger partial charge in [0.1, 0.15) is 0 Å². The Labute approximate surface area is 131 Å². The standard InChI is InChI=1S/C21H17N/c1-16-7-5-6-10-19(16)13-17-11-12-21(20(14-17)15-22)18-8-3-2-4-9-18/h2-12,14H,13H2,1H3. The predicted molar refractivity (Wildman–Crippen MR) is 90.6 cm³/mol. The van der Waals surface area contributed by atoms with E-state index in [0.29, 0.717) is 0 Å². The average Bonchev–Trinajstić information content (AvgIpc) is 2.57. The van der Waals surface area contributed by atoms with Crippen molar-refractivity contribution in [1.29, 1.82) is 5.26 Å². The molecule has 0 atom stereocenters. The molecule has 0 aliphatic carbocycles. The molecule has 0 radical (unpaired) electrons.